The summed E-state index contributed by atoms with van der Waals surface area (Å²) in [6, 6.07) is 18.6. The summed E-state index contributed by atoms with van der Waals surface area (Å²) < 4.78 is 57.8. The Morgan fingerprint density at radius 2 is 1.44 bits per heavy atom. The summed E-state index contributed by atoms with van der Waals surface area (Å²) in [5.74, 6) is -1.99. The van der Waals surface area contributed by atoms with Gasteiger partial charge in [0.15, 0.2) is 0 Å². The molecule has 4 nitrogen and oxygen atoms in total. The lowest BCUT2D eigenvalue weighted by molar-refractivity contribution is -0.154. The third kappa shape index (κ3) is 5.56. The van der Waals surface area contributed by atoms with Gasteiger partial charge in [0, 0.05) is 6.07 Å². The van der Waals surface area contributed by atoms with E-state index in [2.05, 4.69) is 20.8 Å². The second-order valence-electron chi connectivity index (χ2n) is 9.58. The van der Waals surface area contributed by atoms with Crippen LogP contribution in [0.2, 0.25) is 0 Å². The van der Waals surface area contributed by atoms with Gasteiger partial charge in [-0.2, -0.15) is 13.2 Å². The van der Waals surface area contributed by atoms with Crippen LogP contribution in [0.15, 0.2) is 75.9 Å². The molecule has 1 heterocycles. The van der Waals surface area contributed by atoms with Gasteiger partial charge in [0.2, 0.25) is 11.2 Å². The first kappa shape index (κ1) is 25.4. The Hall–Kier alpha value is -3.74. The third-order valence-electron chi connectivity index (χ3n) is 5.86. The molecule has 36 heavy (non-hydrogen) atoms. The molecule has 0 N–H and O–H groups in total. The average molecular weight is 497 g/mol. The lowest BCUT2D eigenvalue weighted by atomic mass is 9.87. The highest BCUT2D eigenvalue weighted by Crippen LogP contribution is 2.38. The Labute approximate surface area is 207 Å². The summed E-state index contributed by atoms with van der Waals surface area (Å²) in [5.41, 5.74) is 1.94. The highest BCUT2D eigenvalue weighted by atomic mass is 19.4. The van der Waals surface area contributed by atoms with E-state index < -0.39 is 23.1 Å². The zero-order valence-electron chi connectivity index (χ0n) is 20.5. The van der Waals surface area contributed by atoms with Crippen molar-refractivity contribution in [3.63, 3.8) is 0 Å². The molecule has 0 spiro atoms. The molecule has 0 aliphatic carbocycles. The van der Waals surface area contributed by atoms with Gasteiger partial charge in [0.25, 0.3) is 5.76 Å². The van der Waals surface area contributed by atoms with Crippen LogP contribution in [0.5, 0.6) is 17.2 Å². The minimum Gasteiger partial charge on any atom is -0.489 e. The van der Waals surface area contributed by atoms with Gasteiger partial charge >= 0.3 is 6.18 Å². The predicted molar refractivity (Wildman–Crippen MR) is 133 cm³/mol. The first-order valence-corrected chi connectivity index (χ1v) is 11.6. The molecule has 0 atom stereocenters. The van der Waals surface area contributed by atoms with E-state index in [9.17, 15) is 18.0 Å². The van der Waals surface area contributed by atoms with Crippen molar-refractivity contribution in [2.45, 2.75) is 52.3 Å². The molecule has 0 saturated carbocycles. The molecule has 0 aliphatic rings. The van der Waals surface area contributed by atoms with E-state index in [1.165, 1.54) is 35.9 Å². The summed E-state index contributed by atoms with van der Waals surface area (Å²) in [7, 11) is 0. The van der Waals surface area contributed by atoms with Crippen molar-refractivity contribution in [2.75, 3.05) is 0 Å². The highest BCUT2D eigenvalue weighted by molar-refractivity contribution is 5.79. The molecule has 4 rings (SSSR count). The minimum atomic E-state index is -4.93. The lowest BCUT2D eigenvalue weighted by Crippen LogP contribution is -2.15. The van der Waals surface area contributed by atoms with E-state index in [0.717, 1.165) is 17.5 Å². The monoisotopic (exact) mass is 496 g/mol. The SMILES string of the molecule is CCc1ccc(Oc2c(C(F)(F)F)oc3cc(OCc4ccc(C(C)(C)C)cc4)ccc3c2=O)cc1. The van der Waals surface area contributed by atoms with Crippen molar-refractivity contribution in [1.82, 2.24) is 0 Å². The zero-order chi connectivity index (χ0) is 26.1. The number of alkyl halides is 3. The molecule has 0 aliphatic heterocycles. The van der Waals surface area contributed by atoms with Crippen molar-refractivity contribution in [2.24, 2.45) is 0 Å². The predicted octanol–water partition coefficient (Wildman–Crippen LogP) is 8.04. The largest absolute Gasteiger partial charge is 0.489 e. The van der Waals surface area contributed by atoms with Gasteiger partial charge in [0.05, 0.1) is 5.39 Å². The maximum Gasteiger partial charge on any atom is 0.453 e. The normalized spacial score (nSPS) is 12.1. The molecule has 1 aromatic heterocycles. The molecule has 0 unspecified atom stereocenters. The Balaban J connectivity index is 1.63. The average Bonchev–Trinajstić information content (AvgIpc) is 2.83. The first-order chi connectivity index (χ1) is 17.0. The number of aryl methyl sites for hydroxylation is 1. The molecule has 0 fully saturated rings. The number of benzene rings is 3. The van der Waals surface area contributed by atoms with Crippen molar-refractivity contribution in [1.29, 1.82) is 0 Å². The molecular weight excluding hydrogens is 469 g/mol. The Bertz CT molecular complexity index is 1410. The smallest absolute Gasteiger partial charge is 0.453 e. The van der Waals surface area contributed by atoms with Crippen molar-refractivity contribution in [3.05, 3.63) is 99.4 Å². The van der Waals surface area contributed by atoms with Crippen LogP contribution in [0.4, 0.5) is 13.2 Å². The van der Waals surface area contributed by atoms with E-state index in [1.54, 1.807) is 12.1 Å². The Morgan fingerprint density at radius 1 is 0.833 bits per heavy atom. The van der Waals surface area contributed by atoms with Crippen LogP contribution in [0, 0.1) is 0 Å². The van der Waals surface area contributed by atoms with E-state index in [0.29, 0.717) is 0 Å². The summed E-state index contributed by atoms with van der Waals surface area (Å²) in [6.45, 7) is 8.52. The molecule has 3 aromatic carbocycles. The number of ether oxygens (including phenoxy) is 2. The fraction of sp³-hybridized carbons (Fsp3) is 0.276. The molecular formula is C29H27F3O4. The number of hydrogen-bond donors (Lipinski definition) is 0. The second kappa shape index (κ2) is 9.72. The van der Waals surface area contributed by atoms with Gasteiger partial charge in [-0.1, -0.05) is 64.1 Å². The highest BCUT2D eigenvalue weighted by Gasteiger charge is 2.40. The van der Waals surface area contributed by atoms with Gasteiger partial charge in [-0.3, -0.25) is 4.79 Å². The van der Waals surface area contributed by atoms with Crippen LogP contribution in [-0.2, 0) is 24.6 Å². The second-order valence-corrected chi connectivity index (χ2v) is 9.58. The summed E-state index contributed by atoms with van der Waals surface area (Å²) in [5, 5.41) is -0.0370. The molecule has 0 bridgehead atoms. The Kier molecular flexibility index (Phi) is 6.85. The van der Waals surface area contributed by atoms with Crippen molar-refractivity contribution in [3.8, 4) is 17.2 Å². The molecule has 0 radical (unpaired) electrons. The number of halogens is 3. The lowest BCUT2D eigenvalue weighted by Gasteiger charge is -2.19. The van der Waals surface area contributed by atoms with Crippen LogP contribution in [0.25, 0.3) is 11.0 Å². The van der Waals surface area contributed by atoms with Crippen LogP contribution >= 0.6 is 0 Å². The minimum absolute atomic E-state index is 0.0208. The fourth-order valence-corrected chi connectivity index (χ4v) is 3.70. The van der Waals surface area contributed by atoms with Gasteiger partial charge < -0.3 is 13.9 Å². The first-order valence-electron chi connectivity index (χ1n) is 11.6. The molecule has 7 heteroatoms. The summed E-state index contributed by atoms with van der Waals surface area (Å²) in [6.07, 6.45) is -4.17. The van der Waals surface area contributed by atoms with Gasteiger partial charge in [0.1, 0.15) is 23.7 Å². The van der Waals surface area contributed by atoms with Crippen LogP contribution in [0.1, 0.15) is 50.1 Å². The summed E-state index contributed by atoms with van der Waals surface area (Å²) in [4.78, 5) is 13.0. The number of rotatable bonds is 6. The van der Waals surface area contributed by atoms with E-state index >= 15 is 0 Å². The van der Waals surface area contributed by atoms with E-state index in [4.69, 9.17) is 13.9 Å². The van der Waals surface area contributed by atoms with Crippen LogP contribution in [-0.4, -0.2) is 0 Å². The van der Waals surface area contributed by atoms with Gasteiger partial charge in [-0.15, -0.1) is 0 Å². The van der Waals surface area contributed by atoms with Crippen LogP contribution < -0.4 is 14.9 Å². The van der Waals surface area contributed by atoms with Crippen molar-refractivity contribution < 1.29 is 27.1 Å². The van der Waals surface area contributed by atoms with E-state index in [1.807, 2.05) is 31.2 Å². The maximum atomic E-state index is 13.8. The molecule has 4 aromatic rings. The molecule has 0 amide bonds. The summed E-state index contributed by atoms with van der Waals surface area (Å²) >= 11 is 0. The number of fused-ring (bicyclic) bond motifs is 1. The standard InChI is InChI=1S/C29H27F3O4/c1-5-18-8-12-21(13-9-18)35-26-25(33)23-15-14-22(16-24(23)36-27(26)29(30,31)32)34-17-19-6-10-20(11-7-19)28(2,3)4/h6-16H,5,17H2,1-4H3. The van der Waals surface area contributed by atoms with Crippen LogP contribution in [0.3, 0.4) is 0 Å². The molecule has 188 valence electrons. The third-order valence-corrected chi connectivity index (χ3v) is 5.86. The molecule has 0 saturated heterocycles. The fourth-order valence-electron chi connectivity index (χ4n) is 3.70. The van der Waals surface area contributed by atoms with E-state index in [-0.39, 0.29) is 34.5 Å². The quantitative estimate of drug-likeness (QED) is 0.271. The number of hydrogen-bond acceptors (Lipinski definition) is 4. The zero-order valence-corrected chi connectivity index (χ0v) is 20.5. The maximum absolute atomic E-state index is 13.8. The van der Waals surface area contributed by atoms with Crippen molar-refractivity contribution >= 4 is 11.0 Å². The topological polar surface area (TPSA) is 48.7 Å². The Morgan fingerprint density at radius 3 is 2.03 bits per heavy atom. The van der Waals surface area contributed by atoms with Gasteiger partial charge in [-0.25, -0.2) is 0 Å². The van der Waals surface area contributed by atoms with Gasteiger partial charge in [-0.05, 0) is 52.8 Å².